The molecule has 0 heterocycles. The van der Waals surface area contributed by atoms with E-state index in [1.54, 1.807) is 19.9 Å². The summed E-state index contributed by atoms with van der Waals surface area (Å²) in [6, 6.07) is 6.83. The molecule has 2 N–H and O–H groups in total. The second-order valence-corrected chi connectivity index (χ2v) is 4.82. The summed E-state index contributed by atoms with van der Waals surface area (Å²) in [5.74, 6) is -1.58. The molecule has 0 saturated heterocycles. The molecule has 0 aromatic heterocycles. The van der Waals surface area contributed by atoms with Gasteiger partial charge in [-0.2, -0.15) is 0 Å². The van der Waals surface area contributed by atoms with Crippen LogP contribution in [0, 0.1) is 12.8 Å². The first-order valence-corrected chi connectivity index (χ1v) is 6.18. The summed E-state index contributed by atoms with van der Waals surface area (Å²) in [4.78, 5) is 22.6. The molecule has 19 heavy (non-hydrogen) atoms. The number of aryl methyl sites for hydroxylation is 1. The molecule has 1 unspecified atom stereocenters. The molecule has 0 aliphatic heterocycles. The number of carboxylic acids is 1. The van der Waals surface area contributed by atoms with Crippen molar-refractivity contribution in [2.24, 2.45) is 5.92 Å². The van der Waals surface area contributed by atoms with Gasteiger partial charge in [-0.3, -0.25) is 4.79 Å². The van der Waals surface area contributed by atoms with E-state index in [-0.39, 0.29) is 5.92 Å². The summed E-state index contributed by atoms with van der Waals surface area (Å²) in [6.45, 7) is 5.48. The number of carbonyl (C=O) groups excluding carboxylic acids is 1. The van der Waals surface area contributed by atoms with Crippen LogP contribution in [-0.4, -0.2) is 23.0 Å². The maximum Gasteiger partial charge on any atom is 0.326 e. The van der Waals surface area contributed by atoms with Gasteiger partial charge in [0.05, 0.1) is 0 Å². The average molecular weight is 261 g/mol. The van der Waals surface area contributed by atoms with Crippen molar-refractivity contribution in [1.82, 2.24) is 5.32 Å². The zero-order valence-corrected chi connectivity index (χ0v) is 11.4. The van der Waals surface area contributed by atoms with Gasteiger partial charge in [0, 0.05) is 6.08 Å². The largest absolute Gasteiger partial charge is 0.480 e. The van der Waals surface area contributed by atoms with Crippen molar-refractivity contribution >= 4 is 18.0 Å². The van der Waals surface area contributed by atoms with Crippen molar-refractivity contribution in [3.8, 4) is 0 Å². The lowest BCUT2D eigenvalue weighted by atomic mass is 10.0. The molecule has 0 bridgehead atoms. The number of carboxylic acid groups (broad SMARTS) is 1. The fourth-order valence-electron chi connectivity index (χ4n) is 1.66. The highest BCUT2D eigenvalue weighted by atomic mass is 16.4. The molecule has 1 atom stereocenters. The van der Waals surface area contributed by atoms with Crippen LogP contribution in [0.1, 0.15) is 25.0 Å². The van der Waals surface area contributed by atoms with Gasteiger partial charge in [0.1, 0.15) is 6.04 Å². The Bertz CT molecular complexity index is 492. The van der Waals surface area contributed by atoms with Crippen LogP contribution in [0.3, 0.4) is 0 Å². The number of aliphatic carboxylic acids is 1. The maximum absolute atomic E-state index is 11.7. The first-order valence-electron chi connectivity index (χ1n) is 6.18. The van der Waals surface area contributed by atoms with Gasteiger partial charge in [0.2, 0.25) is 5.91 Å². The van der Waals surface area contributed by atoms with Gasteiger partial charge in [-0.15, -0.1) is 0 Å². The van der Waals surface area contributed by atoms with Crippen LogP contribution in [0.4, 0.5) is 0 Å². The summed E-state index contributed by atoms with van der Waals surface area (Å²) in [5, 5.41) is 11.5. The predicted octanol–water partition coefficient (Wildman–Crippen LogP) is 2.23. The zero-order valence-electron chi connectivity index (χ0n) is 11.4. The van der Waals surface area contributed by atoms with Gasteiger partial charge in [-0.1, -0.05) is 43.7 Å². The molecule has 1 rings (SSSR count). The average Bonchev–Trinajstić information content (AvgIpc) is 2.32. The summed E-state index contributed by atoms with van der Waals surface area (Å²) in [6.07, 6.45) is 3.02. The minimum atomic E-state index is -1.02. The molecule has 0 spiro atoms. The Morgan fingerprint density at radius 3 is 2.53 bits per heavy atom. The van der Waals surface area contributed by atoms with Crippen molar-refractivity contribution in [3.05, 3.63) is 41.5 Å². The van der Waals surface area contributed by atoms with Crippen LogP contribution in [0.5, 0.6) is 0 Å². The van der Waals surface area contributed by atoms with Gasteiger partial charge in [0.15, 0.2) is 0 Å². The predicted molar refractivity (Wildman–Crippen MR) is 74.6 cm³/mol. The van der Waals surface area contributed by atoms with Crippen LogP contribution >= 0.6 is 0 Å². The number of nitrogens with one attached hydrogen (secondary N) is 1. The number of hydrogen-bond donors (Lipinski definition) is 2. The lowest BCUT2D eigenvalue weighted by Gasteiger charge is -2.16. The summed E-state index contributed by atoms with van der Waals surface area (Å²) in [7, 11) is 0. The van der Waals surface area contributed by atoms with E-state index < -0.39 is 17.9 Å². The second kappa shape index (κ2) is 6.73. The smallest absolute Gasteiger partial charge is 0.326 e. The molecule has 0 aliphatic rings. The highest BCUT2D eigenvalue weighted by Crippen LogP contribution is 2.06. The third kappa shape index (κ3) is 4.95. The fraction of sp³-hybridized carbons (Fsp3) is 0.333. The van der Waals surface area contributed by atoms with Crippen LogP contribution in [0.15, 0.2) is 30.3 Å². The number of amides is 1. The Balaban J connectivity index is 2.67. The SMILES string of the molecule is Cc1cccc(/C=C/C(=O)NC(C(=O)O)C(C)C)c1. The van der Waals surface area contributed by atoms with Crippen molar-refractivity contribution in [1.29, 1.82) is 0 Å². The number of rotatable bonds is 5. The third-order valence-electron chi connectivity index (χ3n) is 2.70. The Labute approximate surface area is 113 Å². The summed E-state index contributed by atoms with van der Waals surface area (Å²) < 4.78 is 0. The van der Waals surface area contributed by atoms with Gasteiger partial charge < -0.3 is 10.4 Å². The molecule has 1 aromatic carbocycles. The number of hydrogen-bond acceptors (Lipinski definition) is 2. The molecule has 102 valence electrons. The van der Waals surface area contributed by atoms with E-state index in [9.17, 15) is 9.59 Å². The molecule has 1 aromatic rings. The molecule has 4 heteroatoms. The molecule has 4 nitrogen and oxygen atoms in total. The second-order valence-electron chi connectivity index (χ2n) is 4.82. The van der Waals surface area contributed by atoms with E-state index in [1.807, 2.05) is 31.2 Å². The minimum absolute atomic E-state index is 0.159. The molecule has 0 fully saturated rings. The highest BCUT2D eigenvalue weighted by molar-refractivity contribution is 5.94. The van der Waals surface area contributed by atoms with Crippen molar-refractivity contribution in [2.75, 3.05) is 0 Å². The first-order chi connectivity index (χ1) is 8.90. The van der Waals surface area contributed by atoms with Crippen molar-refractivity contribution < 1.29 is 14.7 Å². The third-order valence-corrected chi connectivity index (χ3v) is 2.70. The quantitative estimate of drug-likeness (QED) is 0.799. The van der Waals surface area contributed by atoms with Crippen LogP contribution in [0.25, 0.3) is 6.08 Å². The van der Waals surface area contributed by atoms with E-state index in [1.165, 1.54) is 6.08 Å². The van der Waals surface area contributed by atoms with E-state index in [4.69, 9.17) is 5.11 Å². The lowest BCUT2D eigenvalue weighted by molar-refractivity contribution is -0.142. The van der Waals surface area contributed by atoms with E-state index in [0.717, 1.165) is 11.1 Å². The monoisotopic (exact) mass is 261 g/mol. The highest BCUT2D eigenvalue weighted by Gasteiger charge is 2.22. The lowest BCUT2D eigenvalue weighted by Crippen LogP contribution is -2.43. The number of benzene rings is 1. The standard InChI is InChI=1S/C15H19NO3/c1-10(2)14(15(18)19)16-13(17)8-7-12-6-4-5-11(3)9-12/h4-10,14H,1-3H3,(H,16,17)(H,18,19)/b8-7+. The maximum atomic E-state index is 11.7. The Hall–Kier alpha value is -2.10. The van der Waals surface area contributed by atoms with Crippen LogP contribution < -0.4 is 5.32 Å². The van der Waals surface area contributed by atoms with Gasteiger partial charge in [-0.25, -0.2) is 4.79 Å². The molecule has 0 radical (unpaired) electrons. The Kier molecular flexibility index (Phi) is 5.30. The zero-order chi connectivity index (χ0) is 14.4. The van der Waals surface area contributed by atoms with Crippen LogP contribution in [-0.2, 0) is 9.59 Å². The van der Waals surface area contributed by atoms with Gasteiger partial charge in [-0.05, 0) is 24.5 Å². The van der Waals surface area contributed by atoms with Crippen molar-refractivity contribution in [3.63, 3.8) is 0 Å². The molecule has 0 aliphatic carbocycles. The van der Waals surface area contributed by atoms with E-state index in [0.29, 0.717) is 0 Å². The molecule has 0 saturated carbocycles. The van der Waals surface area contributed by atoms with Crippen molar-refractivity contribution in [2.45, 2.75) is 26.8 Å². The summed E-state index contributed by atoms with van der Waals surface area (Å²) in [5.41, 5.74) is 2.01. The topological polar surface area (TPSA) is 66.4 Å². The Morgan fingerprint density at radius 2 is 2.00 bits per heavy atom. The van der Waals surface area contributed by atoms with E-state index in [2.05, 4.69) is 5.32 Å². The first kappa shape index (κ1) is 15.0. The minimum Gasteiger partial charge on any atom is -0.480 e. The number of carbonyl (C=O) groups is 2. The summed E-state index contributed by atoms with van der Waals surface area (Å²) >= 11 is 0. The molecular formula is C15H19NO3. The van der Waals surface area contributed by atoms with Crippen LogP contribution in [0.2, 0.25) is 0 Å². The van der Waals surface area contributed by atoms with E-state index >= 15 is 0 Å². The van der Waals surface area contributed by atoms with Gasteiger partial charge in [0.25, 0.3) is 0 Å². The Morgan fingerprint density at radius 1 is 1.32 bits per heavy atom. The van der Waals surface area contributed by atoms with Gasteiger partial charge >= 0.3 is 5.97 Å². The fourth-order valence-corrected chi connectivity index (χ4v) is 1.66. The normalized spacial score (nSPS) is 12.6. The molecular weight excluding hydrogens is 242 g/mol. The molecule has 1 amide bonds.